The number of methoxy groups -OCH3 is 1. The molecule has 0 saturated carbocycles. The van der Waals surface area contributed by atoms with E-state index in [4.69, 9.17) is 16.3 Å². The van der Waals surface area contributed by atoms with Crippen LogP contribution >= 0.6 is 11.6 Å². The van der Waals surface area contributed by atoms with Crippen LogP contribution in [0.5, 0.6) is 0 Å². The Morgan fingerprint density at radius 2 is 2.50 bits per heavy atom. The van der Waals surface area contributed by atoms with Crippen LogP contribution in [-0.2, 0) is 20.8 Å². The van der Waals surface area contributed by atoms with Crippen LogP contribution in [-0.4, -0.2) is 48.8 Å². The number of aromatic nitrogens is 1. The van der Waals surface area contributed by atoms with Gasteiger partial charge >= 0.3 is 5.97 Å². The number of carbonyl (C=O) groups excluding carboxylic acids is 1. The SMILES string of the molecule is COC(=O)C1CN(Cc2cccc(Cl)n2)CCO1. The van der Waals surface area contributed by atoms with Gasteiger partial charge in [-0.3, -0.25) is 4.90 Å². The minimum absolute atomic E-state index is 0.334. The third kappa shape index (κ3) is 3.41. The molecule has 0 aliphatic carbocycles. The number of carbonyl (C=O) groups is 1. The molecule has 1 aromatic rings. The number of rotatable bonds is 3. The Bertz CT molecular complexity index is 428. The molecule has 6 heteroatoms. The van der Waals surface area contributed by atoms with Crippen LogP contribution < -0.4 is 0 Å². The van der Waals surface area contributed by atoms with E-state index in [-0.39, 0.29) is 5.97 Å². The Labute approximate surface area is 111 Å². The van der Waals surface area contributed by atoms with Crippen molar-refractivity contribution in [2.45, 2.75) is 12.6 Å². The van der Waals surface area contributed by atoms with Gasteiger partial charge in [-0.05, 0) is 12.1 Å². The van der Waals surface area contributed by atoms with E-state index in [2.05, 4.69) is 14.6 Å². The Hall–Kier alpha value is -1.17. The highest BCUT2D eigenvalue weighted by atomic mass is 35.5. The van der Waals surface area contributed by atoms with E-state index in [0.29, 0.717) is 24.8 Å². The van der Waals surface area contributed by atoms with Gasteiger partial charge in [0.25, 0.3) is 0 Å². The summed E-state index contributed by atoms with van der Waals surface area (Å²) in [6.45, 7) is 2.44. The Kier molecular flexibility index (Phi) is 4.52. The molecule has 1 aliphatic rings. The molecule has 2 heterocycles. The summed E-state index contributed by atoms with van der Waals surface area (Å²) in [5.74, 6) is -0.334. The Morgan fingerprint density at radius 1 is 1.67 bits per heavy atom. The molecule has 18 heavy (non-hydrogen) atoms. The van der Waals surface area contributed by atoms with Crippen molar-refractivity contribution in [2.75, 3.05) is 26.8 Å². The van der Waals surface area contributed by atoms with Crippen LogP contribution in [0.4, 0.5) is 0 Å². The normalized spacial score (nSPS) is 20.7. The molecular formula is C12H15ClN2O3. The molecule has 1 aromatic heterocycles. The van der Waals surface area contributed by atoms with Gasteiger partial charge in [-0.2, -0.15) is 0 Å². The van der Waals surface area contributed by atoms with E-state index in [1.165, 1.54) is 7.11 Å². The first-order valence-corrected chi connectivity index (χ1v) is 6.10. The highest BCUT2D eigenvalue weighted by Crippen LogP contribution is 2.12. The number of esters is 1. The van der Waals surface area contributed by atoms with E-state index in [0.717, 1.165) is 12.2 Å². The van der Waals surface area contributed by atoms with Crippen molar-refractivity contribution < 1.29 is 14.3 Å². The van der Waals surface area contributed by atoms with Gasteiger partial charge in [0.15, 0.2) is 6.10 Å². The lowest BCUT2D eigenvalue weighted by Gasteiger charge is -2.31. The van der Waals surface area contributed by atoms with Crippen molar-refractivity contribution in [1.29, 1.82) is 0 Å². The second-order valence-corrected chi connectivity index (χ2v) is 4.46. The largest absolute Gasteiger partial charge is 0.467 e. The van der Waals surface area contributed by atoms with Gasteiger partial charge in [0, 0.05) is 19.6 Å². The first-order chi connectivity index (χ1) is 8.69. The lowest BCUT2D eigenvalue weighted by molar-refractivity contribution is -0.160. The minimum Gasteiger partial charge on any atom is -0.467 e. The van der Waals surface area contributed by atoms with Crippen molar-refractivity contribution in [3.63, 3.8) is 0 Å². The van der Waals surface area contributed by atoms with Crippen LogP contribution in [0.15, 0.2) is 18.2 Å². The van der Waals surface area contributed by atoms with Gasteiger partial charge in [0.2, 0.25) is 0 Å². The standard InChI is InChI=1S/C12H15ClN2O3/c1-17-12(16)10-8-15(5-6-18-10)7-9-3-2-4-11(13)14-9/h2-4,10H,5-8H2,1H3. The Morgan fingerprint density at radius 3 is 3.22 bits per heavy atom. The third-order valence-corrected chi connectivity index (χ3v) is 2.98. The molecule has 1 unspecified atom stereocenters. The molecule has 0 aromatic carbocycles. The number of nitrogens with zero attached hydrogens (tertiary/aromatic N) is 2. The number of morpholine rings is 1. The molecule has 2 rings (SSSR count). The average molecular weight is 271 g/mol. The number of pyridine rings is 1. The number of hydrogen-bond donors (Lipinski definition) is 0. The summed E-state index contributed by atoms with van der Waals surface area (Å²) in [4.78, 5) is 17.7. The lowest BCUT2D eigenvalue weighted by atomic mass is 10.2. The summed E-state index contributed by atoms with van der Waals surface area (Å²) in [5.41, 5.74) is 0.882. The maximum absolute atomic E-state index is 11.4. The summed E-state index contributed by atoms with van der Waals surface area (Å²) in [6, 6.07) is 5.51. The van der Waals surface area contributed by atoms with Crippen LogP contribution in [0, 0.1) is 0 Å². The quantitative estimate of drug-likeness (QED) is 0.608. The highest BCUT2D eigenvalue weighted by molar-refractivity contribution is 6.29. The predicted octanol–water partition coefficient (Wildman–Crippen LogP) is 1.11. The van der Waals surface area contributed by atoms with Crippen LogP contribution in [0.3, 0.4) is 0 Å². The van der Waals surface area contributed by atoms with Crippen molar-refractivity contribution in [1.82, 2.24) is 9.88 Å². The predicted molar refractivity (Wildman–Crippen MR) is 66.3 cm³/mol. The second-order valence-electron chi connectivity index (χ2n) is 4.07. The average Bonchev–Trinajstić information content (AvgIpc) is 2.38. The van der Waals surface area contributed by atoms with Gasteiger partial charge in [0.1, 0.15) is 5.15 Å². The molecular weight excluding hydrogens is 256 g/mol. The maximum Gasteiger partial charge on any atom is 0.336 e. The molecule has 0 amide bonds. The van der Waals surface area contributed by atoms with Crippen molar-refractivity contribution in [2.24, 2.45) is 0 Å². The lowest BCUT2D eigenvalue weighted by Crippen LogP contribution is -2.46. The monoisotopic (exact) mass is 270 g/mol. The number of hydrogen-bond acceptors (Lipinski definition) is 5. The van der Waals surface area contributed by atoms with Gasteiger partial charge in [-0.1, -0.05) is 17.7 Å². The summed E-state index contributed by atoms with van der Waals surface area (Å²) < 4.78 is 10.0. The smallest absolute Gasteiger partial charge is 0.336 e. The van der Waals surface area contributed by atoms with Gasteiger partial charge in [-0.25, -0.2) is 9.78 Å². The molecule has 98 valence electrons. The maximum atomic E-state index is 11.4. The molecule has 0 bridgehead atoms. The fourth-order valence-electron chi connectivity index (χ4n) is 1.89. The molecule has 1 atom stereocenters. The molecule has 1 saturated heterocycles. The molecule has 1 aliphatic heterocycles. The first kappa shape index (κ1) is 13.3. The van der Waals surface area contributed by atoms with Gasteiger partial charge in [-0.15, -0.1) is 0 Å². The molecule has 0 N–H and O–H groups in total. The fraction of sp³-hybridized carbons (Fsp3) is 0.500. The van der Waals surface area contributed by atoms with Crippen molar-refractivity contribution in [3.05, 3.63) is 29.0 Å². The fourth-order valence-corrected chi connectivity index (χ4v) is 2.07. The number of halogens is 1. The zero-order valence-electron chi connectivity index (χ0n) is 10.1. The third-order valence-electron chi connectivity index (χ3n) is 2.77. The molecule has 0 radical (unpaired) electrons. The van der Waals surface area contributed by atoms with Gasteiger partial charge < -0.3 is 9.47 Å². The van der Waals surface area contributed by atoms with E-state index in [1.807, 2.05) is 12.1 Å². The second kappa shape index (κ2) is 6.13. The van der Waals surface area contributed by atoms with Crippen molar-refractivity contribution >= 4 is 17.6 Å². The highest BCUT2D eigenvalue weighted by Gasteiger charge is 2.27. The molecule has 1 fully saturated rings. The van der Waals surface area contributed by atoms with E-state index >= 15 is 0 Å². The zero-order chi connectivity index (χ0) is 13.0. The van der Waals surface area contributed by atoms with Crippen LogP contribution in [0.1, 0.15) is 5.69 Å². The van der Waals surface area contributed by atoms with E-state index in [9.17, 15) is 4.79 Å². The first-order valence-electron chi connectivity index (χ1n) is 5.72. The zero-order valence-corrected chi connectivity index (χ0v) is 10.9. The summed E-state index contributed by atoms with van der Waals surface area (Å²) in [6.07, 6.45) is -0.511. The summed E-state index contributed by atoms with van der Waals surface area (Å²) in [5, 5.41) is 0.477. The summed E-state index contributed by atoms with van der Waals surface area (Å²) in [7, 11) is 1.36. The minimum atomic E-state index is -0.511. The summed E-state index contributed by atoms with van der Waals surface area (Å²) >= 11 is 5.84. The van der Waals surface area contributed by atoms with Crippen LogP contribution in [0.25, 0.3) is 0 Å². The van der Waals surface area contributed by atoms with E-state index < -0.39 is 6.10 Å². The Balaban J connectivity index is 1.95. The van der Waals surface area contributed by atoms with Crippen LogP contribution in [0.2, 0.25) is 5.15 Å². The van der Waals surface area contributed by atoms with Crippen molar-refractivity contribution in [3.8, 4) is 0 Å². The topological polar surface area (TPSA) is 51.7 Å². The van der Waals surface area contributed by atoms with E-state index in [1.54, 1.807) is 6.07 Å². The number of ether oxygens (including phenoxy) is 2. The van der Waals surface area contributed by atoms with Gasteiger partial charge in [0.05, 0.1) is 19.4 Å². The molecule has 5 nitrogen and oxygen atoms in total. The molecule has 0 spiro atoms.